The van der Waals surface area contributed by atoms with Gasteiger partial charge in [-0.15, -0.1) is 0 Å². The van der Waals surface area contributed by atoms with E-state index in [0.29, 0.717) is 6.54 Å². The number of nitrogens with one attached hydrogen (secondary N) is 1. The van der Waals surface area contributed by atoms with E-state index >= 15 is 0 Å². The third-order valence-electron chi connectivity index (χ3n) is 3.67. The Balaban J connectivity index is 1.77. The Morgan fingerprint density at radius 3 is 2.86 bits per heavy atom. The van der Waals surface area contributed by atoms with Gasteiger partial charge >= 0.3 is 0 Å². The van der Waals surface area contributed by atoms with Gasteiger partial charge in [0, 0.05) is 35.3 Å². The molecule has 3 rings (SSSR count). The predicted molar refractivity (Wildman–Crippen MR) is 92.2 cm³/mol. The summed E-state index contributed by atoms with van der Waals surface area (Å²) >= 11 is 9.73. The molecule has 0 unspecified atom stereocenters. The molecule has 2 heterocycles. The Labute approximate surface area is 138 Å². The van der Waals surface area contributed by atoms with Crippen LogP contribution in [0.5, 0.6) is 0 Å². The summed E-state index contributed by atoms with van der Waals surface area (Å²) in [5.74, 6) is 1.04. The van der Waals surface area contributed by atoms with Gasteiger partial charge in [0.25, 0.3) is 0 Å². The van der Waals surface area contributed by atoms with Gasteiger partial charge in [0.1, 0.15) is 0 Å². The van der Waals surface area contributed by atoms with Crippen LogP contribution in [0.4, 0.5) is 11.5 Å². The van der Waals surface area contributed by atoms with E-state index in [0.717, 1.165) is 39.7 Å². The number of anilines is 2. The molecule has 0 atom stereocenters. The first-order valence-corrected chi connectivity index (χ1v) is 8.29. The monoisotopic (exact) mass is 365 g/mol. The lowest BCUT2D eigenvalue weighted by Gasteiger charge is -2.20. The summed E-state index contributed by atoms with van der Waals surface area (Å²) in [7, 11) is 0. The molecular weight excluding hydrogens is 350 g/mol. The molecule has 0 amide bonds. The quantitative estimate of drug-likeness (QED) is 0.849. The van der Waals surface area contributed by atoms with Gasteiger partial charge in [-0.2, -0.15) is 0 Å². The van der Waals surface area contributed by atoms with Gasteiger partial charge in [-0.3, -0.25) is 0 Å². The smallest absolute Gasteiger partial charge is 0.151 e. The summed E-state index contributed by atoms with van der Waals surface area (Å²) in [4.78, 5) is 6.87. The van der Waals surface area contributed by atoms with E-state index in [1.165, 1.54) is 12.8 Å². The van der Waals surface area contributed by atoms with Crippen LogP contribution in [0.15, 0.2) is 41.0 Å². The molecule has 0 aliphatic carbocycles. The fourth-order valence-electron chi connectivity index (χ4n) is 2.59. The zero-order chi connectivity index (χ0) is 14.7. The summed E-state index contributed by atoms with van der Waals surface area (Å²) in [6, 6.07) is 9.94. The van der Waals surface area contributed by atoms with Crippen molar-refractivity contribution in [3.63, 3.8) is 0 Å². The largest absolute Gasteiger partial charge is 0.378 e. The van der Waals surface area contributed by atoms with E-state index in [1.54, 1.807) is 0 Å². The minimum Gasteiger partial charge on any atom is -0.378 e. The van der Waals surface area contributed by atoms with Crippen molar-refractivity contribution in [2.75, 3.05) is 23.3 Å². The van der Waals surface area contributed by atoms with Crippen molar-refractivity contribution in [2.45, 2.75) is 19.4 Å². The number of hydrogen-bond donors (Lipinski definition) is 1. The van der Waals surface area contributed by atoms with E-state index in [2.05, 4.69) is 37.2 Å². The van der Waals surface area contributed by atoms with Crippen molar-refractivity contribution in [1.82, 2.24) is 4.98 Å². The van der Waals surface area contributed by atoms with Gasteiger partial charge in [-0.05, 0) is 48.7 Å². The first-order chi connectivity index (χ1) is 10.2. The Kier molecular flexibility index (Phi) is 4.66. The molecule has 1 N–H and O–H groups in total. The third kappa shape index (κ3) is 3.50. The van der Waals surface area contributed by atoms with E-state index in [9.17, 15) is 0 Å². The first kappa shape index (κ1) is 14.7. The van der Waals surface area contributed by atoms with Crippen LogP contribution in [-0.2, 0) is 6.54 Å². The number of hydrogen-bond acceptors (Lipinski definition) is 3. The van der Waals surface area contributed by atoms with Crippen LogP contribution in [0.1, 0.15) is 18.4 Å². The summed E-state index contributed by atoms with van der Waals surface area (Å²) in [6.07, 6.45) is 4.34. The molecule has 1 fully saturated rings. The van der Waals surface area contributed by atoms with Crippen LogP contribution in [0.2, 0.25) is 5.02 Å². The van der Waals surface area contributed by atoms with E-state index in [1.807, 2.05) is 30.5 Å². The van der Waals surface area contributed by atoms with E-state index in [4.69, 9.17) is 11.6 Å². The van der Waals surface area contributed by atoms with Gasteiger partial charge in [0.2, 0.25) is 0 Å². The van der Waals surface area contributed by atoms with Crippen molar-refractivity contribution >= 4 is 39.0 Å². The highest BCUT2D eigenvalue weighted by molar-refractivity contribution is 9.10. The average molecular weight is 367 g/mol. The average Bonchev–Trinajstić information content (AvgIpc) is 3.03. The fraction of sp³-hybridized carbons (Fsp3) is 0.312. The minimum atomic E-state index is 0.685. The molecule has 0 spiro atoms. The number of halogens is 2. The molecule has 0 saturated carbocycles. The normalized spacial score (nSPS) is 14.5. The number of pyridine rings is 1. The summed E-state index contributed by atoms with van der Waals surface area (Å²) in [5, 5.41) is 4.24. The SMILES string of the molecule is Clc1ccc(Br)cc1CNc1cccnc1N1CCCC1. The molecule has 1 aromatic heterocycles. The lowest BCUT2D eigenvalue weighted by atomic mass is 10.2. The second kappa shape index (κ2) is 6.67. The number of rotatable bonds is 4. The molecule has 1 aliphatic heterocycles. The van der Waals surface area contributed by atoms with Crippen LogP contribution in [0.3, 0.4) is 0 Å². The summed E-state index contributed by atoms with van der Waals surface area (Å²) < 4.78 is 1.04. The standard InChI is InChI=1S/C16H17BrClN3/c17-13-5-6-14(18)12(10-13)11-20-15-4-3-7-19-16(15)21-8-1-2-9-21/h3-7,10,20H,1-2,8-9,11H2. The lowest BCUT2D eigenvalue weighted by molar-refractivity contribution is 0.935. The molecule has 110 valence electrons. The second-order valence-electron chi connectivity index (χ2n) is 5.16. The maximum atomic E-state index is 6.24. The zero-order valence-electron chi connectivity index (χ0n) is 11.6. The van der Waals surface area contributed by atoms with Crippen LogP contribution in [0.25, 0.3) is 0 Å². The number of nitrogens with zero attached hydrogens (tertiary/aromatic N) is 2. The first-order valence-electron chi connectivity index (χ1n) is 7.12. The molecule has 21 heavy (non-hydrogen) atoms. The van der Waals surface area contributed by atoms with Crippen molar-refractivity contribution in [3.8, 4) is 0 Å². The molecule has 0 bridgehead atoms. The van der Waals surface area contributed by atoms with Crippen molar-refractivity contribution < 1.29 is 0 Å². The van der Waals surface area contributed by atoms with E-state index < -0.39 is 0 Å². The van der Waals surface area contributed by atoms with E-state index in [-0.39, 0.29) is 0 Å². The van der Waals surface area contributed by atoms with Gasteiger partial charge in [0.15, 0.2) is 5.82 Å². The van der Waals surface area contributed by atoms with Gasteiger partial charge in [0.05, 0.1) is 5.69 Å². The Morgan fingerprint density at radius 2 is 2.05 bits per heavy atom. The Morgan fingerprint density at radius 1 is 1.24 bits per heavy atom. The second-order valence-corrected chi connectivity index (χ2v) is 6.48. The Hall–Kier alpha value is -1.26. The lowest BCUT2D eigenvalue weighted by Crippen LogP contribution is -2.20. The molecule has 1 saturated heterocycles. The fourth-order valence-corrected chi connectivity index (χ4v) is 3.18. The number of aromatic nitrogens is 1. The zero-order valence-corrected chi connectivity index (χ0v) is 14.0. The molecular formula is C16H17BrClN3. The molecule has 1 aromatic carbocycles. The van der Waals surface area contributed by atoms with Crippen LogP contribution >= 0.6 is 27.5 Å². The predicted octanol–water partition coefficient (Wildman–Crippen LogP) is 4.71. The van der Waals surface area contributed by atoms with Crippen molar-refractivity contribution in [3.05, 3.63) is 51.6 Å². The molecule has 5 heteroatoms. The third-order valence-corrected chi connectivity index (χ3v) is 4.53. The van der Waals surface area contributed by atoms with Gasteiger partial charge in [-0.25, -0.2) is 4.98 Å². The highest BCUT2D eigenvalue weighted by atomic mass is 79.9. The van der Waals surface area contributed by atoms with Crippen molar-refractivity contribution in [2.24, 2.45) is 0 Å². The molecule has 2 aromatic rings. The van der Waals surface area contributed by atoms with Crippen molar-refractivity contribution in [1.29, 1.82) is 0 Å². The highest BCUT2D eigenvalue weighted by Gasteiger charge is 2.16. The number of benzene rings is 1. The molecule has 1 aliphatic rings. The highest BCUT2D eigenvalue weighted by Crippen LogP contribution is 2.28. The minimum absolute atomic E-state index is 0.685. The topological polar surface area (TPSA) is 28.2 Å². The summed E-state index contributed by atoms with van der Waals surface area (Å²) in [6.45, 7) is 2.86. The molecule has 0 radical (unpaired) electrons. The van der Waals surface area contributed by atoms with Crippen LogP contribution in [0, 0.1) is 0 Å². The van der Waals surface area contributed by atoms with Gasteiger partial charge in [-0.1, -0.05) is 27.5 Å². The Bertz CT molecular complexity index is 627. The van der Waals surface area contributed by atoms with Crippen LogP contribution in [-0.4, -0.2) is 18.1 Å². The van der Waals surface area contributed by atoms with Gasteiger partial charge < -0.3 is 10.2 Å². The summed E-state index contributed by atoms with van der Waals surface area (Å²) in [5.41, 5.74) is 2.14. The molecule has 3 nitrogen and oxygen atoms in total. The maximum Gasteiger partial charge on any atom is 0.151 e. The maximum absolute atomic E-state index is 6.24. The van der Waals surface area contributed by atoms with Crippen LogP contribution < -0.4 is 10.2 Å².